The van der Waals surface area contributed by atoms with Gasteiger partial charge in [-0.05, 0) is 104 Å². The Kier molecular flexibility index (Phi) is 9.44. The molecule has 0 aliphatic carbocycles. The molecule has 0 atom stereocenters. The third-order valence-electron chi connectivity index (χ3n) is 13.0. The molecule has 12 aromatic rings. The first-order chi connectivity index (χ1) is 32.9. The topological polar surface area (TPSA) is 33.6 Å². The molecule has 2 aromatic heterocycles. The Labute approximate surface area is 384 Å². The third kappa shape index (κ3) is 6.67. The van der Waals surface area contributed by atoms with Gasteiger partial charge in [-0.3, -0.25) is 0 Å². The molecule has 67 heavy (non-hydrogen) atoms. The van der Waals surface area contributed by atoms with Gasteiger partial charge < -0.3 is 9.13 Å². The Bertz CT molecular complexity index is 3500. The van der Waals surface area contributed by atoms with Crippen LogP contribution in [0, 0.1) is 28.8 Å². The Balaban J connectivity index is 1.24. The van der Waals surface area contributed by atoms with E-state index in [9.17, 15) is 9.65 Å². The minimum atomic E-state index is -1.55. The van der Waals surface area contributed by atoms with Crippen LogP contribution in [0.4, 0.5) is 13.2 Å². The molecule has 0 radical (unpaired) electrons. The second-order valence-electron chi connectivity index (χ2n) is 16.8. The summed E-state index contributed by atoms with van der Waals surface area (Å²) in [5, 5.41) is 15.6. The van der Waals surface area contributed by atoms with Gasteiger partial charge in [0.2, 0.25) is 0 Å². The predicted octanol–water partition coefficient (Wildman–Crippen LogP) is 16.5. The van der Waals surface area contributed by atoms with Gasteiger partial charge in [0.1, 0.15) is 11.6 Å². The van der Waals surface area contributed by atoms with Crippen LogP contribution in [0.15, 0.2) is 218 Å². The summed E-state index contributed by atoms with van der Waals surface area (Å²) in [7, 11) is 0. The predicted molar refractivity (Wildman–Crippen MR) is 267 cm³/mol. The van der Waals surface area contributed by atoms with Crippen LogP contribution in [0.1, 0.15) is 5.56 Å². The molecule has 3 nitrogen and oxygen atoms in total. The van der Waals surface area contributed by atoms with Gasteiger partial charge in [0.05, 0.1) is 33.4 Å². The Hall–Kier alpha value is -8.92. The first-order valence-corrected chi connectivity index (χ1v) is 22.0. The highest BCUT2D eigenvalue weighted by Crippen LogP contribution is 2.43. The number of aromatic nitrogens is 2. The summed E-state index contributed by atoms with van der Waals surface area (Å²) < 4.78 is 49.8. The average molecular weight is 868 g/mol. The van der Waals surface area contributed by atoms with Gasteiger partial charge >= 0.3 is 0 Å². The molecule has 0 N–H and O–H groups in total. The van der Waals surface area contributed by atoms with E-state index in [1.165, 1.54) is 0 Å². The molecule has 0 fully saturated rings. The summed E-state index contributed by atoms with van der Waals surface area (Å²) in [6.07, 6.45) is 0. The standard InChI is InChI=1S/C61H36F3N3/c62-53-29-46(30-54(63)61(53)64)47-35-59(66-55-31-42(38-13-5-1-6-14-38)21-25-48(55)49-26-22-43(32-56(49)66)39-15-7-2-8-16-39)52(37-65)60(36-47)67-57-33-44(40-17-9-3-10-18-40)23-27-50(57)51-28-24-45(34-58(51)67)41-19-11-4-12-20-41/h1-36H. The van der Waals surface area contributed by atoms with Crippen LogP contribution in [0.25, 0.3) is 111 Å². The van der Waals surface area contributed by atoms with Crippen LogP contribution in [0.3, 0.4) is 0 Å². The molecule has 0 aliphatic heterocycles. The van der Waals surface area contributed by atoms with E-state index in [1.54, 1.807) is 12.1 Å². The zero-order valence-electron chi connectivity index (χ0n) is 35.8. The first kappa shape index (κ1) is 39.7. The van der Waals surface area contributed by atoms with Crippen molar-refractivity contribution < 1.29 is 13.2 Å². The molecule has 0 spiro atoms. The number of nitrogens with zero attached hydrogens (tertiary/aromatic N) is 3. The van der Waals surface area contributed by atoms with Gasteiger partial charge in [-0.25, -0.2) is 13.2 Å². The maximum Gasteiger partial charge on any atom is 0.194 e. The number of hydrogen-bond donors (Lipinski definition) is 0. The molecular weight excluding hydrogens is 832 g/mol. The van der Waals surface area contributed by atoms with E-state index in [4.69, 9.17) is 0 Å². The summed E-state index contributed by atoms with van der Waals surface area (Å²) in [6.45, 7) is 0. The quantitative estimate of drug-likeness (QED) is 0.147. The lowest BCUT2D eigenvalue weighted by Gasteiger charge is -2.19. The summed E-state index contributed by atoms with van der Waals surface area (Å²) in [5.74, 6) is -4.17. The van der Waals surface area contributed by atoms with Crippen molar-refractivity contribution in [3.8, 4) is 73.1 Å². The molecule has 2 heterocycles. The van der Waals surface area contributed by atoms with Crippen LogP contribution in [0.5, 0.6) is 0 Å². The highest BCUT2D eigenvalue weighted by molar-refractivity contribution is 6.13. The molecular formula is C61H36F3N3. The van der Waals surface area contributed by atoms with E-state index >= 15 is 8.78 Å². The number of fused-ring (bicyclic) bond motifs is 6. The van der Waals surface area contributed by atoms with E-state index in [0.717, 1.165) is 100 Å². The zero-order chi connectivity index (χ0) is 45.2. The fourth-order valence-electron chi connectivity index (χ4n) is 9.76. The van der Waals surface area contributed by atoms with E-state index in [1.807, 2.05) is 72.8 Å². The van der Waals surface area contributed by atoms with Gasteiger partial charge in [0.15, 0.2) is 17.5 Å². The lowest BCUT2D eigenvalue weighted by molar-refractivity contribution is 0.447. The molecule has 0 aliphatic rings. The molecule has 0 saturated heterocycles. The summed E-state index contributed by atoms with van der Waals surface area (Å²) in [4.78, 5) is 0. The minimum absolute atomic E-state index is 0.120. The van der Waals surface area contributed by atoms with Crippen LogP contribution >= 0.6 is 0 Å². The maximum absolute atomic E-state index is 15.4. The lowest BCUT2D eigenvalue weighted by Crippen LogP contribution is -2.06. The lowest BCUT2D eigenvalue weighted by atomic mass is 9.99. The molecule has 0 unspecified atom stereocenters. The molecule has 6 heteroatoms. The monoisotopic (exact) mass is 867 g/mol. The number of rotatable bonds is 7. The largest absolute Gasteiger partial charge is 0.308 e. The van der Waals surface area contributed by atoms with Crippen LogP contribution in [-0.2, 0) is 0 Å². The molecule has 316 valence electrons. The van der Waals surface area contributed by atoms with Crippen molar-refractivity contribution in [3.05, 3.63) is 241 Å². The second kappa shape index (κ2) is 16.0. The van der Waals surface area contributed by atoms with Crippen molar-refractivity contribution in [3.63, 3.8) is 0 Å². The Morgan fingerprint density at radius 1 is 0.299 bits per heavy atom. The van der Waals surface area contributed by atoms with Crippen molar-refractivity contribution in [2.75, 3.05) is 0 Å². The van der Waals surface area contributed by atoms with Gasteiger partial charge in [-0.2, -0.15) is 5.26 Å². The zero-order valence-corrected chi connectivity index (χ0v) is 35.8. The maximum atomic E-state index is 15.4. The van der Waals surface area contributed by atoms with Crippen molar-refractivity contribution in [1.82, 2.24) is 9.13 Å². The number of nitriles is 1. The molecule has 0 saturated carbocycles. The van der Waals surface area contributed by atoms with Crippen molar-refractivity contribution >= 4 is 43.6 Å². The van der Waals surface area contributed by atoms with E-state index in [2.05, 4.69) is 137 Å². The second-order valence-corrected chi connectivity index (χ2v) is 16.8. The molecule has 12 rings (SSSR count). The highest BCUT2D eigenvalue weighted by atomic mass is 19.2. The van der Waals surface area contributed by atoms with Crippen molar-refractivity contribution in [1.29, 1.82) is 5.26 Å². The normalized spacial score (nSPS) is 11.5. The van der Waals surface area contributed by atoms with Gasteiger partial charge in [0, 0.05) is 21.5 Å². The van der Waals surface area contributed by atoms with Crippen molar-refractivity contribution in [2.24, 2.45) is 0 Å². The average Bonchev–Trinajstić information content (AvgIpc) is 3.89. The number of hydrogen-bond acceptors (Lipinski definition) is 1. The highest BCUT2D eigenvalue weighted by Gasteiger charge is 2.25. The molecule has 10 aromatic carbocycles. The SMILES string of the molecule is N#Cc1c(-n2c3cc(-c4ccccc4)ccc3c3ccc(-c4ccccc4)cc32)cc(-c2cc(F)c(F)c(F)c2)cc1-n1c2cc(-c3ccccc3)ccc2c2ccc(-c3ccccc3)cc21. The van der Waals surface area contributed by atoms with Crippen LogP contribution < -0.4 is 0 Å². The minimum Gasteiger partial charge on any atom is -0.308 e. The fourth-order valence-corrected chi connectivity index (χ4v) is 9.76. The van der Waals surface area contributed by atoms with E-state index in [-0.39, 0.29) is 5.56 Å². The molecule has 0 bridgehead atoms. The van der Waals surface area contributed by atoms with Gasteiger partial charge in [-0.15, -0.1) is 0 Å². The first-order valence-electron chi connectivity index (χ1n) is 22.0. The summed E-state index contributed by atoms with van der Waals surface area (Å²) in [5.41, 5.74) is 13.1. The number of benzene rings is 10. The van der Waals surface area contributed by atoms with Gasteiger partial charge in [-0.1, -0.05) is 170 Å². The van der Waals surface area contributed by atoms with Crippen LogP contribution in [-0.4, -0.2) is 9.13 Å². The summed E-state index contributed by atoms with van der Waals surface area (Å²) in [6, 6.07) is 74.2. The third-order valence-corrected chi connectivity index (χ3v) is 13.0. The van der Waals surface area contributed by atoms with E-state index in [0.29, 0.717) is 22.5 Å². The molecule has 0 amide bonds. The van der Waals surface area contributed by atoms with Crippen molar-refractivity contribution in [2.45, 2.75) is 0 Å². The smallest absolute Gasteiger partial charge is 0.194 e. The Morgan fingerprint density at radius 3 is 0.866 bits per heavy atom. The van der Waals surface area contributed by atoms with Crippen LogP contribution in [0.2, 0.25) is 0 Å². The Morgan fingerprint density at radius 2 is 0.582 bits per heavy atom. The van der Waals surface area contributed by atoms with Gasteiger partial charge in [0.25, 0.3) is 0 Å². The summed E-state index contributed by atoms with van der Waals surface area (Å²) >= 11 is 0. The number of halogens is 3. The van der Waals surface area contributed by atoms with E-state index < -0.39 is 17.5 Å². The fraction of sp³-hybridized carbons (Fsp3) is 0.